The molecule has 0 saturated carbocycles. The van der Waals surface area contributed by atoms with E-state index in [4.69, 9.17) is 11.6 Å². The number of aromatic amines is 2. The molecular weight excluding hydrogens is 306 g/mol. The van der Waals surface area contributed by atoms with Gasteiger partial charge in [-0.1, -0.05) is 11.6 Å². The summed E-state index contributed by atoms with van der Waals surface area (Å²) in [5, 5.41) is 27.0. The highest BCUT2D eigenvalue weighted by atomic mass is 35.5. The van der Waals surface area contributed by atoms with Crippen LogP contribution in [0.25, 0.3) is 0 Å². The predicted octanol–water partition coefficient (Wildman–Crippen LogP) is 1.75. The summed E-state index contributed by atoms with van der Waals surface area (Å²) in [6.07, 6.45) is 0. The van der Waals surface area contributed by atoms with Gasteiger partial charge in [0, 0.05) is 6.07 Å². The molecule has 0 bridgehead atoms. The minimum Gasteiger partial charge on any atom is -0.493 e. The number of aromatic hydroxyl groups is 1. The summed E-state index contributed by atoms with van der Waals surface area (Å²) in [4.78, 5) is 36.0. The molecule has 10 nitrogen and oxygen atoms in total. The van der Waals surface area contributed by atoms with E-state index >= 15 is 0 Å². The second-order valence-electron chi connectivity index (χ2n) is 3.70. The van der Waals surface area contributed by atoms with Gasteiger partial charge >= 0.3 is 5.69 Å². The van der Waals surface area contributed by atoms with Gasteiger partial charge in [0.25, 0.3) is 11.2 Å². The summed E-state index contributed by atoms with van der Waals surface area (Å²) in [6.45, 7) is 0. The van der Waals surface area contributed by atoms with Crippen LogP contribution in [-0.2, 0) is 0 Å². The second kappa shape index (κ2) is 5.54. The van der Waals surface area contributed by atoms with Gasteiger partial charge in [-0.2, -0.15) is 0 Å². The molecule has 1 heterocycles. The lowest BCUT2D eigenvalue weighted by Crippen LogP contribution is -2.20. The largest absolute Gasteiger partial charge is 0.493 e. The Balaban J connectivity index is 2.43. The van der Waals surface area contributed by atoms with Crippen LogP contribution in [0.2, 0.25) is 5.02 Å². The number of hydrogen-bond donors (Lipinski definition) is 3. The highest BCUT2D eigenvalue weighted by Gasteiger charge is 2.13. The molecule has 2 rings (SSSR count). The number of benzene rings is 1. The van der Waals surface area contributed by atoms with Gasteiger partial charge in [-0.3, -0.25) is 24.9 Å². The monoisotopic (exact) mass is 311 g/mol. The van der Waals surface area contributed by atoms with Crippen molar-refractivity contribution in [3.8, 4) is 5.88 Å². The van der Waals surface area contributed by atoms with Crippen molar-refractivity contribution >= 4 is 28.7 Å². The predicted molar refractivity (Wildman–Crippen MR) is 71.6 cm³/mol. The molecule has 0 fully saturated rings. The SMILES string of the molecule is O=c1[nH]c(O)c(N=Nc2ccc(Cl)c([N+](=O)[O-])c2)c(=O)[nH]1. The van der Waals surface area contributed by atoms with E-state index in [1.54, 1.807) is 0 Å². The number of nitro benzene ring substituents is 1. The van der Waals surface area contributed by atoms with Gasteiger partial charge in [0.1, 0.15) is 5.02 Å². The maximum Gasteiger partial charge on any atom is 0.328 e. The van der Waals surface area contributed by atoms with Gasteiger partial charge in [-0.05, 0) is 12.1 Å². The molecule has 11 heteroatoms. The molecule has 2 aromatic rings. The molecule has 0 amide bonds. The van der Waals surface area contributed by atoms with Crippen molar-refractivity contribution in [3.05, 3.63) is 54.2 Å². The fourth-order valence-electron chi connectivity index (χ4n) is 1.37. The maximum atomic E-state index is 11.4. The Morgan fingerprint density at radius 3 is 2.57 bits per heavy atom. The molecule has 0 unspecified atom stereocenters. The van der Waals surface area contributed by atoms with Crippen LogP contribution >= 0.6 is 11.6 Å². The van der Waals surface area contributed by atoms with E-state index in [0.29, 0.717) is 0 Å². The molecule has 0 aliphatic rings. The fraction of sp³-hybridized carbons (Fsp3) is 0. The summed E-state index contributed by atoms with van der Waals surface area (Å²) < 4.78 is 0. The van der Waals surface area contributed by atoms with Crippen molar-refractivity contribution < 1.29 is 10.0 Å². The van der Waals surface area contributed by atoms with Gasteiger partial charge in [0.2, 0.25) is 11.6 Å². The number of nitro groups is 1. The highest BCUT2D eigenvalue weighted by molar-refractivity contribution is 6.32. The summed E-state index contributed by atoms with van der Waals surface area (Å²) in [7, 11) is 0. The van der Waals surface area contributed by atoms with Gasteiger partial charge in [-0.15, -0.1) is 10.2 Å². The van der Waals surface area contributed by atoms with Gasteiger partial charge < -0.3 is 5.11 Å². The molecule has 3 N–H and O–H groups in total. The van der Waals surface area contributed by atoms with Crippen LogP contribution in [0.3, 0.4) is 0 Å². The lowest BCUT2D eigenvalue weighted by molar-refractivity contribution is -0.384. The molecule has 0 radical (unpaired) electrons. The van der Waals surface area contributed by atoms with E-state index in [2.05, 4.69) is 10.2 Å². The normalized spacial score (nSPS) is 10.9. The van der Waals surface area contributed by atoms with E-state index in [1.807, 2.05) is 9.97 Å². The third-order valence-electron chi connectivity index (χ3n) is 2.29. The van der Waals surface area contributed by atoms with Crippen LogP contribution in [0.4, 0.5) is 17.1 Å². The number of halogens is 1. The Kier molecular flexibility index (Phi) is 3.80. The molecule has 21 heavy (non-hydrogen) atoms. The Morgan fingerprint density at radius 2 is 1.95 bits per heavy atom. The lowest BCUT2D eigenvalue weighted by Gasteiger charge is -1.97. The quantitative estimate of drug-likeness (QED) is 0.447. The van der Waals surface area contributed by atoms with Crippen LogP contribution in [0.15, 0.2) is 38.0 Å². The lowest BCUT2D eigenvalue weighted by atomic mass is 10.3. The van der Waals surface area contributed by atoms with Crippen LogP contribution in [0, 0.1) is 10.1 Å². The Labute approximate surface area is 119 Å². The van der Waals surface area contributed by atoms with Gasteiger partial charge in [-0.25, -0.2) is 4.79 Å². The average Bonchev–Trinajstić information content (AvgIpc) is 2.38. The van der Waals surface area contributed by atoms with E-state index in [9.17, 15) is 24.8 Å². The zero-order chi connectivity index (χ0) is 15.6. The number of nitrogens with one attached hydrogen (secondary N) is 2. The summed E-state index contributed by atoms with van der Waals surface area (Å²) in [5.74, 6) is -0.768. The topological polar surface area (TPSA) is 154 Å². The Hall–Kier alpha value is -3.01. The van der Waals surface area contributed by atoms with Crippen molar-refractivity contribution in [1.29, 1.82) is 0 Å². The molecule has 0 aliphatic heterocycles. The van der Waals surface area contributed by atoms with Gasteiger partial charge in [0.05, 0.1) is 10.6 Å². The van der Waals surface area contributed by atoms with Crippen molar-refractivity contribution in [2.75, 3.05) is 0 Å². The van der Waals surface area contributed by atoms with Gasteiger partial charge in [0.15, 0.2) is 0 Å². The molecule has 0 atom stereocenters. The molecular formula is C10H6ClN5O5. The van der Waals surface area contributed by atoms with Crippen LogP contribution in [-0.4, -0.2) is 20.0 Å². The minimum atomic E-state index is -0.955. The smallest absolute Gasteiger partial charge is 0.328 e. The zero-order valence-electron chi connectivity index (χ0n) is 10.0. The molecule has 0 saturated heterocycles. The van der Waals surface area contributed by atoms with E-state index in [1.165, 1.54) is 12.1 Å². The number of H-pyrrole nitrogens is 2. The van der Waals surface area contributed by atoms with Crippen molar-refractivity contribution in [2.24, 2.45) is 10.2 Å². The van der Waals surface area contributed by atoms with Crippen molar-refractivity contribution in [1.82, 2.24) is 9.97 Å². The van der Waals surface area contributed by atoms with Crippen LogP contribution in [0.1, 0.15) is 0 Å². The molecule has 0 spiro atoms. The van der Waals surface area contributed by atoms with Crippen molar-refractivity contribution in [3.63, 3.8) is 0 Å². The van der Waals surface area contributed by atoms with Crippen LogP contribution in [0.5, 0.6) is 5.88 Å². The molecule has 0 aliphatic carbocycles. The first-order chi connectivity index (χ1) is 9.88. The number of nitrogens with zero attached hydrogens (tertiary/aromatic N) is 3. The van der Waals surface area contributed by atoms with Crippen molar-refractivity contribution in [2.45, 2.75) is 0 Å². The minimum absolute atomic E-state index is 0.0381. The standard InChI is InChI=1S/C10H6ClN5O5/c11-5-2-1-4(3-6(5)16(20)21)14-15-7-8(17)12-10(19)13-9(7)18/h1-3H,(H3,12,13,17,18,19). The van der Waals surface area contributed by atoms with E-state index in [-0.39, 0.29) is 16.4 Å². The maximum absolute atomic E-state index is 11.4. The summed E-state index contributed by atoms with van der Waals surface area (Å²) in [5.41, 5.74) is -2.74. The molecule has 1 aromatic carbocycles. The first-order valence-electron chi connectivity index (χ1n) is 5.29. The molecule has 1 aromatic heterocycles. The number of azo groups is 1. The second-order valence-corrected chi connectivity index (χ2v) is 4.11. The fourth-order valence-corrected chi connectivity index (χ4v) is 1.56. The van der Waals surface area contributed by atoms with Crippen LogP contribution < -0.4 is 11.2 Å². The average molecular weight is 312 g/mol. The van der Waals surface area contributed by atoms with E-state index < -0.39 is 27.7 Å². The highest BCUT2D eigenvalue weighted by Crippen LogP contribution is 2.29. The third-order valence-corrected chi connectivity index (χ3v) is 2.61. The first kappa shape index (κ1) is 14.4. The van der Waals surface area contributed by atoms with E-state index in [0.717, 1.165) is 6.07 Å². The summed E-state index contributed by atoms with van der Waals surface area (Å²) >= 11 is 5.63. The number of rotatable bonds is 3. The summed E-state index contributed by atoms with van der Waals surface area (Å²) in [6, 6.07) is 3.61. The number of aromatic nitrogens is 2. The zero-order valence-corrected chi connectivity index (χ0v) is 10.8. The third kappa shape index (κ3) is 3.12. The Bertz CT molecular complexity index is 856. The molecule has 108 valence electrons. The number of hydrogen-bond acceptors (Lipinski definition) is 7. The first-order valence-corrected chi connectivity index (χ1v) is 5.67. The Morgan fingerprint density at radius 1 is 1.24 bits per heavy atom.